The van der Waals surface area contributed by atoms with Crippen LogP contribution in [0.15, 0.2) is 18.3 Å². The van der Waals surface area contributed by atoms with Gasteiger partial charge in [-0.1, -0.05) is 11.6 Å². The van der Waals surface area contributed by atoms with Gasteiger partial charge in [0.2, 0.25) is 0 Å². The Balaban J connectivity index is 2.94. The third-order valence-corrected chi connectivity index (χ3v) is 2.14. The van der Waals surface area contributed by atoms with Gasteiger partial charge in [-0.2, -0.15) is 5.26 Å². The average Bonchev–Trinajstić information content (AvgIpc) is 2.47. The average molecular weight is 195 g/mol. The lowest BCUT2D eigenvalue weighted by molar-refractivity contribution is 0.629. The molecule has 0 saturated heterocycles. The maximum Gasteiger partial charge on any atom is 0.125 e. The molecule has 1 aromatic carbocycles. The van der Waals surface area contributed by atoms with Gasteiger partial charge in [-0.15, -0.1) is 0 Å². The Morgan fingerprint density at radius 1 is 1.46 bits per heavy atom. The molecule has 1 heterocycles. The minimum absolute atomic E-state index is 0.266. The van der Waals surface area contributed by atoms with Crippen LogP contribution in [0.5, 0.6) is 0 Å². The molecule has 2 aromatic rings. The molecule has 0 saturated carbocycles. The van der Waals surface area contributed by atoms with E-state index in [4.69, 9.17) is 16.9 Å². The number of nitrogens with zero attached hydrogens (tertiary/aromatic N) is 1. The van der Waals surface area contributed by atoms with Crippen LogP contribution in [0.3, 0.4) is 0 Å². The van der Waals surface area contributed by atoms with E-state index in [1.165, 1.54) is 18.3 Å². The highest BCUT2D eigenvalue weighted by Gasteiger charge is 2.07. The molecule has 0 bridgehead atoms. The van der Waals surface area contributed by atoms with E-state index in [1.807, 2.05) is 6.07 Å². The van der Waals surface area contributed by atoms with Crippen molar-refractivity contribution in [1.82, 2.24) is 4.98 Å². The van der Waals surface area contributed by atoms with E-state index in [2.05, 4.69) is 4.98 Å². The minimum atomic E-state index is -0.453. The zero-order valence-corrected chi connectivity index (χ0v) is 7.19. The molecule has 2 nitrogen and oxygen atoms in total. The van der Waals surface area contributed by atoms with Crippen LogP contribution in [0.4, 0.5) is 4.39 Å². The van der Waals surface area contributed by atoms with Crippen LogP contribution in [0.25, 0.3) is 10.9 Å². The number of halogens is 2. The number of nitrogens with one attached hydrogen (secondary N) is 1. The van der Waals surface area contributed by atoms with Gasteiger partial charge in [0, 0.05) is 11.6 Å². The molecule has 0 amide bonds. The van der Waals surface area contributed by atoms with Crippen molar-refractivity contribution >= 4 is 22.5 Å². The van der Waals surface area contributed by atoms with E-state index >= 15 is 0 Å². The first-order valence-electron chi connectivity index (χ1n) is 3.58. The normalized spacial score (nSPS) is 10.2. The van der Waals surface area contributed by atoms with Crippen molar-refractivity contribution < 1.29 is 4.39 Å². The van der Waals surface area contributed by atoms with Crippen LogP contribution in [-0.4, -0.2) is 4.98 Å². The lowest BCUT2D eigenvalue weighted by Gasteiger charge is -1.94. The van der Waals surface area contributed by atoms with Crippen molar-refractivity contribution in [2.45, 2.75) is 0 Å². The number of benzene rings is 1. The summed E-state index contributed by atoms with van der Waals surface area (Å²) in [6.07, 6.45) is 1.53. The summed E-state index contributed by atoms with van der Waals surface area (Å²) in [5, 5.41) is 9.65. The van der Waals surface area contributed by atoms with Gasteiger partial charge < -0.3 is 4.98 Å². The molecule has 1 aromatic heterocycles. The lowest BCUT2D eigenvalue weighted by atomic mass is 10.1. The molecule has 13 heavy (non-hydrogen) atoms. The Bertz CT molecular complexity index is 510. The van der Waals surface area contributed by atoms with E-state index in [9.17, 15) is 4.39 Å². The van der Waals surface area contributed by atoms with Crippen LogP contribution in [0.2, 0.25) is 5.02 Å². The monoisotopic (exact) mass is 194 g/mol. The summed E-state index contributed by atoms with van der Waals surface area (Å²) < 4.78 is 12.9. The van der Waals surface area contributed by atoms with E-state index in [-0.39, 0.29) is 5.56 Å². The Kier molecular flexibility index (Phi) is 1.71. The summed E-state index contributed by atoms with van der Waals surface area (Å²) >= 11 is 5.77. The van der Waals surface area contributed by atoms with Crippen LogP contribution >= 0.6 is 11.6 Å². The molecule has 0 unspecified atom stereocenters. The largest absolute Gasteiger partial charge is 0.359 e. The number of nitriles is 1. The molecule has 1 N–H and O–H groups in total. The molecule has 4 heteroatoms. The molecule has 0 aliphatic rings. The zero-order chi connectivity index (χ0) is 9.42. The highest BCUT2D eigenvalue weighted by Crippen LogP contribution is 2.26. The SMILES string of the molecule is N#Cc1cc(F)cc2c(Cl)c[nH]c12. The summed E-state index contributed by atoms with van der Waals surface area (Å²) in [7, 11) is 0. The molecule has 0 spiro atoms. The molecule has 0 atom stereocenters. The summed E-state index contributed by atoms with van der Waals surface area (Å²) in [4.78, 5) is 2.81. The fourth-order valence-corrected chi connectivity index (χ4v) is 1.46. The van der Waals surface area contributed by atoms with E-state index in [0.717, 1.165) is 0 Å². The Hall–Kier alpha value is -1.53. The molecule has 0 radical (unpaired) electrons. The summed E-state index contributed by atoms with van der Waals surface area (Å²) in [5.41, 5.74) is 0.843. The fraction of sp³-hybridized carbons (Fsp3) is 0. The van der Waals surface area contributed by atoms with Crippen molar-refractivity contribution in [3.8, 4) is 6.07 Å². The predicted octanol–water partition coefficient (Wildman–Crippen LogP) is 2.83. The van der Waals surface area contributed by atoms with Gasteiger partial charge in [0.1, 0.15) is 11.9 Å². The maximum absolute atomic E-state index is 12.9. The molecule has 0 fully saturated rings. The molecule has 0 aliphatic heterocycles. The summed E-state index contributed by atoms with van der Waals surface area (Å²) in [5.74, 6) is -0.453. The summed E-state index contributed by atoms with van der Waals surface area (Å²) in [6, 6.07) is 4.37. The van der Waals surface area contributed by atoms with Crippen LogP contribution in [0, 0.1) is 17.1 Å². The number of hydrogen-bond donors (Lipinski definition) is 1. The molecule has 2 rings (SSSR count). The van der Waals surface area contributed by atoms with Crippen molar-refractivity contribution in [3.05, 3.63) is 34.7 Å². The minimum Gasteiger partial charge on any atom is -0.359 e. The topological polar surface area (TPSA) is 39.6 Å². The lowest BCUT2D eigenvalue weighted by Crippen LogP contribution is -1.81. The second kappa shape index (κ2) is 2.75. The van der Waals surface area contributed by atoms with Gasteiger partial charge >= 0.3 is 0 Å². The van der Waals surface area contributed by atoms with Crippen molar-refractivity contribution in [3.63, 3.8) is 0 Å². The van der Waals surface area contributed by atoms with Crippen molar-refractivity contribution in [2.75, 3.05) is 0 Å². The highest BCUT2D eigenvalue weighted by atomic mass is 35.5. The Labute approximate surface area is 78.5 Å². The van der Waals surface area contributed by atoms with Gasteiger partial charge in [0.25, 0.3) is 0 Å². The van der Waals surface area contributed by atoms with Gasteiger partial charge in [-0.3, -0.25) is 0 Å². The number of fused-ring (bicyclic) bond motifs is 1. The Morgan fingerprint density at radius 2 is 2.23 bits per heavy atom. The van der Waals surface area contributed by atoms with Gasteiger partial charge in [0.05, 0.1) is 16.1 Å². The van der Waals surface area contributed by atoms with Gasteiger partial charge in [-0.05, 0) is 12.1 Å². The fourth-order valence-electron chi connectivity index (χ4n) is 1.25. The number of aromatic nitrogens is 1. The second-order valence-corrected chi connectivity index (χ2v) is 3.03. The second-order valence-electron chi connectivity index (χ2n) is 2.62. The van der Waals surface area contributed by atoms with Gasteiger partial charge in [0.15, 0.2) is 0 Å². The quantitative estimate of drug-likeness (QED) is 0.688. The Morgan fingerprint density at radius 3 is 2.92 bits per heavy atom. The van der Waals surface area contributed by atoms with E-state index in [1.54, 1.807) is 0 Å². The third-order valence-electron chi connectivity index (χ3n) is 1.82. The first-order chi connectivity index (χ1) is 6.22. The highest BCUT2D eigenvalue weighted by molar-refractivity contribution is 6.35. The van der Waals surface area contributed by atoms with Crippen molar-refractivity contribution in [1.29, 1.82) is 5.26 Å². The predicted molar refractivity (Wildman–Crippen MR) is 48.0 cm³/mol. The molecular formula is C9H4ClFN2. The molecular weight excluding hydrogens is 191 g/mol. The first-order valence-corrected chi connectivity index (χ1v) is 3.96. The summed E-state index contributed by atoms with van der Waals surface area (Å²) in [6.45, 7) is 0. The zero-order valence-electron chi connectivity index (χ0n) is 6.44. The first kappa shape index (κ1) is 8.09. The molecule has 64 valence electrons. The third kappa shape index (κ3) is 1.16. The van der Waals surface area contributed by atoms with Gasteiger partial charge in [-0.25, -0.2) is 4.39 Å². The van der Waals surface area contributed by atoms with Crippen LogP contribution < -0.4 is 0 Å². The maximum atomic E-state index is 12.9. The number of hydrogen-bond acceptors (Lipinski definition) is 1. The number of rotatable bonds is 0. The van der Waals surface area contributed by atoms with Crippen LogP contribution in [0.1, 0.15) is 5.56 Å². The van der Waals surface area contributed by atoms with Crippen LogP contribution in [-0.2, 0) is 0 Å². The van der Waals surface area contributed by atoms with E-state index < -0.39 is 5.82 Å². The standard InChI is InChI=1S/C9H4ClFN2/c10-8-4-13-9-5(3-12)1-6(11)2-7(8)9/h1-2,4,13H. The molecule has 0 aliphatic carbocycles. The smallest absolute Gasteiger partial charge is 0.125 e. The van der Waals surface area contributed by atoms with Crippen molar-refractivity contribution in [2.24, 2.45) is 0 Å². The number of H-pyrrole nitrogens is 1. The number of aromatic amines is 1. The van der Waals surface area contributed by atoms with E-state index in [0.29, 0.717) is 15.9 Å².